The lowest BCUT2D eigenvalue weighted by Gasteiger charge is -2.24. The summed E-state index contributed by atoms with van der Waals surface area (Å²) in [6, 6.07) is 4.97. The van der Waals surface area contributed by atoms with Gasteiger partial charge < -0.3 is 18.6 Å². The van der Waals surface area contributed by atoms with E-state index in [1.54, 1.807) is 30.2 Å². The van der Waals surface area contributed by atoms with Crippen LogP contribution in [-0.4, -0.2) is 52.9 Å². The van der Waals surface area contributed by atoms with E-state index in [-0.39, 0.29) is 17.6 Å². The topological polar surface area (TPSA) is 82.1 Å². The molecule has 1 amide bonds. The number of hydrogen-bond acceptors (Lipinski definition) is 6. The van der Waals surface area contributed by atoms with Crippen molar-refractivity contribution in [2.24, 2.45) is 5.92 Å². The third-order valence-corrected chi connectivity index (χ3v) is 3.83. The van der Waals surface area contributed by atoms with E-state index in [0.717, 1.165) is 11.8 Å². The molecule has 0 radical (unpaired) electrons. The molecule has 0 aliphatic heterocycles. The van der Waals surface area contributed by atoms with Crippen LogP contribution in [-0.2, 0) is 26.2 Å². The lowest BCUT2D eigenvalue weighted by atomic mass is 10.1. The SMILES string of the molecule is COCCN(Cc1ccc(OC)c(OS(C)(=O)=O)c1)C(=O)CC(C)C. The minimum absolute atomic E-state index is 0.0217. The summed E-state index contributed by atoms with van der Waals surface area (Å²) in [4.78, 5) is 14.1. The fraction of sp³-hybridized carbons (Fsp3) is 0.588. The molecule has 0 unspecified atom stereocenters. The molecule has 1 rings (SSSR count). The number of amides is 1. The third kappa shape index (κ3) is 7.74. The van der Waals surface area contributed by atoms with Crippen molar-refractivity contribution in [1.82, 2.24) is 4.90 Å². The zero-order chi connectivity index (χ0) is 19.0. The van der Waals surface area contributed by atoms with Crippen LogP contribution in [0.15, 0.2) is 18.2 Å². The first-order valence-corrected chi connectivity index (χ1v) is 9.81. The molecule has 0 saturated heterocycles. The summed E-state index contributed by atoms with van der Waals surface area (Å²) in [6.45, 7) is 5.18. The van der Waals surface area contributed by atoms with Crippen LogP contribution >= 0.6 is 0 Å². The highest BCUT2D eigenvalue weighted by atomic mass is 32.2. The van der Waals surface area contributed by atoms with Crippen molar-refractivity contribution >= 4 is 16.0 Å². The molecule has 0 fully saturated rings. The third-order valence-electron chi connectivity index (χ3n) is 3.34. The fourth-order valence-corrected chi connectivity index (χ4v) is 2.70. The zero-order valence-corrected chi connectivity index (χ0v) is 16.3. The van der Waals surface area contributed by atoms with Gasteiger partial charge in [-0.15, -0.1) is 0 Å². The Balaban J connectivity index is 3.02. The summed E-state index contributed by atoms with van der Waals surface area (Å²) in [5, 5.41) is 0. The van der Waals surface area contributed by atoms with Gasteiger partial charge in [0.2, 0.25) is 5.91 Å². The van der Waals surface area contributed by atoms with Crippen molar-refractivity contribution in [3.63, 3.8) is 0 Å². The maximum Gasteiger partial charge on any atom is 0.306 e. The van der Waals surface area contributed by atoms with E-state index in [2.05, 4.69) is 0 Å². The van der Waals surface area contributed by atoms with Crippen molar-refractivity contribution in [1.29, 1.82) is 0 Å². The molecule has 0 aliphatic carbocycles. The molecule has 0 saturated carbocycles. The molecule has 0 N–H and O–H groups in total. The molecule has 0 bridgehead atoms. The number of ether oxygens (including phenoxy) is 2. The number of methoxy groups -OCH3 is 2. The van der Waals surface area contributed by atoms with Crippen LogP contribution in [0.25, 0.3) is 0 Å². The van der Waals surface area contributed by atoms with Gasteiger partial charge in [0.05, 0.1) is 20.0 Å². The Bertz CT molecular complexity index is 672. The van der Waals surface area contributed by atoms with Gasteiger partial charge in [0, 0.05) is 26.6 Å². The number of carbonyl (C=O) groups is 1. The molecule has 142 valence electrons. The Morgan fingerprint density at radius 3 is 2.40 bits per heavy atom. The molecule has 0 atom stereocenters. The van der Waals surface area contributed by atoms with Gasteiger partial charge in [0.25, 0.3) is 0 Å². The Hall–Kier alpha value is -1.80. The number of carbonyl (C=O) groups excluding carboxylic acids is 1. The van der Waals surface area contributed by atoms with Gasteiger partial charge in [-0.2, -0.15) is 8.42 Å². The Morgan fingerprint density at radius 2 is 1.88 bits per heavy atom. The summed E-state index contributed by atoms with van der Waals surface area (Å²) in [7, 11) is -0.670. The lowest BCUT2D eigenvalue weighted by molar-refractivity contribution is -0.133. The van der Waals surface area contributed by atoms with Crippen LogP contribution in [0.4, 0.5) is 0 Å². The van der Waals surface area contributed by atoms with E-state index in [9.17, 15) is 13.2 Å². The summed E-state index contributed by atoms with van der Waals surface area (Å²) in [6.07, 6.45) is 1.41. The molecule has 1 aromatic rings. The molecule has 0 spiro atoms. The number of hydrogen-bond donors (Lipinski definition) is 0. The number of rotatable bonds is 10. The average Bonchev–Trinajstić information content (AvgIpc) is 2.49. The van der Waals surface area contributed by atoms with Crippen LogP contribution in [0.5, 0.6) is 11.5 Å². The van der Waals surface area contributed by atoms with Crippen molar-refractivity contribution in [2.75, 3.05) is 33.6 Å². The van der Waals surface area contributed by atoms with Gasteiger partial charge in [-0.05, 0) is 23.6 Å². The molecule has 0 aliphatic rings. The Labute approximate surface area is 150 Å². The molecule has 1 aromatic carbocycles. The smallest absolute Gasteiger partial charge is 0.306 e. The van der Waals surface area contributed by atoms with Crippen LogP contribution in [0, 0.1) is 5.92 Å². The number of nitrogens with zero attached hydrogens (tertiary/aromatic N) is 1. The molecular weight excluding hydrogens is 346 g/mol. The molecule has 0 heterocycles. The van der Waals surface area contributed by atoms with Crippen molar-refractivity contribution < 1.29 is 26.9 Å². The minimum atomic E-state index is -3.68. The van der Waals surface area contributed by atoms with Gasteiger partial charge in [0.1, 0.15) is 0 Å². The second kappa shape index (κ2) is 9.62. The van der Waals surface area contributed by atoms with Crippen LogP contribution in [0.1, 0.15) is 25.8 Å². The first kappa shape index (κ1) is 21.2. The van der Waals surface area contributed by atoms with Gasteiger partial charge in [-0.25, -0.2) is 0 Å². The standard InChI is InChI=1S/C17H27NO6S/c1-13(2)10-17(19)18(8-9-22-3)12-14-6-7-15(23-4)16(11-14)24-25(5,20)21/h6-7,11,13H,8-10,12H2,1-5H3. The van der Waals surface area contributed by atoms with Crippen molar-refractivity contribution in [3.8, 4) is 11.5 Å². The van der Waals surface area contributed by atoms with E-state index in [1.165, 1.54) is 7.11 Å². The average molecular weight is 373 g/mol. The van der Waals surface area contributed by atoms with Gasteiger partial charge in [-0.1, -0.05) is 19.9 Å². The van der Waals surface area contributed by atoms with Crippen LogP contribution in [0.3, 0.4) is 0 Å². The summed E-state index contributed by atoms with van der Waals surface area (Å²) >= 11 is 0. The van der Waals surface area contributed by atoms with Crippen LogP contribution in [0.2, 0.25) is 0 Å². The summed E-state index contributed by atoms with van der Waals surface area (Å²) < 4.78 is 38.0. The second-order valence-electron chi connectivity index (χ2n) is 6.18. The first-order valence-electron chi connectivity index (χ1n) is 7.99. The van der Waals surface area contributed by atoms with Gasteiger partial charge in [-0.3, -0.25) is 4.79 Å². The maximum absolute atomic E-state index is 12.4. The van der Waals surface area contributed by atoms with E-state index >= 15 is 0 Å². The normalized spacial score (nSPS) is 11.4. The molecule has 8 heteroatoms. The van der Waals surface area contributed by atoms with E-state index in [0.29, 0.717) is 31.9 Å². The Morgan fingerprint density at radius 1 is 1.20 bits per heavy atom. The van der Waals surface area contributed by atoms with E-state index in [1.807, 2.05) is 13.8 Å². The quantitative estimate of drug-likeness (QED) is 0.584. The van der Waals surface area contributed by atoms with Gasteiger partial charge >= 0.3 is 10.1 Å². The molecule has 7 nitrogen and oxygen atoms in total. The van der Waals surface area contributed by atoms with E-state index < -0.39 is 10.1 Å². The van der Waals surface area contributed by atoms with E-state index in [4.69, 9.17) is 13.7 Å². The lowest BCUT2D eigenvalue weighted by Crippen LogP contribution is -2.34. The first-order chi connectivity index (χ1) is 11.7. The number of benzene rings is 1. The molecule has 0 aromatic heterocycles. The maximum atomic E-state index is 12.4. The second-order valence-corrected chi connectivity index (χ2v) is 7.75. The summed E-state index contributed by atoms with van der Waals surface area (Å²) in [5.74, 6) is 0.683. The van der Waals surface area contributed by atoms with Crippen molar-refractivity contribution in [3.05, 3.63) is 23.8 Å². The highest BCUT2D eigenvalue weighted by molar-refractivity contribution is 7.86. The van der Waals surface area contributed by atoms with Crippen LogP contribution < -0.4 is 8.92 Å². The fourth-order valence-electron chi connectivity index (χ4n) is 2.24. The minimum Gasteiger partial charge on any atom is -0.493 e. The zero-order valence-electron chi connectivity index (χ0n) is 15.4. The highest BCUT2D eigenvalue weighted by Crippen LogP contribution is 2.29. The predicted molar refractivity (Wildman–Crippen MR) is 95.2 cm³/mol. The molecular formula is C17H27NO6S. The summed E-state index contributed by atoms with van der Waals surface area (Å²) in [5.41, 5.74) is 0.743. The monoisotopic (exact) mass is 373 g/mol. The highest BCUT2D eigenvalue weighted by Gasteiger charge is 2.17. The van der Waals surface area contributed by atoms with Crippen molar-refractivity contribution in [2.45, 2.75) is 26.8 Å². The molecule has 25 heavy (non-hydrogen) atoms. The largest absolute Gasteiger partial charge is 0.493 e. The van der Waals surface area contributed by atoms with Gasteiger partial charge in [0.15, 0.2) is 11.5 Å². The predicted octanol–water partition coefficient (Wildman–Crippen LogP) is 2.05. The Kier molecular flexibility index (Phi) is 8.18.